The van der Waals surface area contributed by atoms with Crippen LogP contribution < -0.4 is 5.32 Å². The van der Waals surface area contributed by atoms with Gasteiger partial charge in [0, 0.05) is 12.5 Å². The van der Waals surface area contributed by atoms with Crippen molar-refractivity contribution in [1.29, 1.82) is 0 Å². The van der Waals surface area contributed by atoms with E-state index in [1.54, 1.807) is 12.1 Å². The van der Waals surface area contributed by atoms with Crippen LogP contribution in [0.4, 0.5) is 0 Å². The highest BCUT2D eigenvalue weighted by atomic mass is 16.5. The molecule has 3 rings (SSSR count). The molecular formula is C25H25NO3. The second-order valence-corrected chi connectivity index (χ2v) is 6.90. The highest BCUT2D eigenvalue weighted by Gasteiger charge is 2.15. The van der Waals surface area contributed by atoms with Gasteiger partial charge in [0.2, 0.25) is 0 Å². The third kappa shape index (κ3) is 5.79. The van der Waals surface area contributed by atoms with Crippen LogP contribution in [0.15, 0.2) is 84.9 Å². The van der Waals surface area contributed by atoms with E-state index in [1.807, 2.05) is 55.5 Å². The average Bonchev–Trinajstić information content (AvgIpc) is 2.76. The Balaban J connectivity index is 1.52. The number of hydrogen-bond acceptors (Lipinski definition) is 3. The number of hydrogen-bond donors (Lipinski definition) is 1. The molecule has 3 aromatic rings. The zero-order valence-corrected chi connectivity index (χ0v) is 16.5. The Morgan fingerprint density at radius 1 is 0.828 bits per heavy atom. The number of ether oxygens (including phenoxy) is 1. The summed E-state index contributed by atoms with van der Waals surface area (Å²) in [5.41, 5.74) is 3.72. The van der Waals surface area contributed by atoms with E-state index in [1.165, 1.54) is 11.1 Å². The second kappa shape index (κ2) is 10.2. The largest absolute Gasteiger partial charge is 0.452 e. The molecule has 0 aliphatic heterocycles. The monoisotopic (exact) mass is 387 g/mol. The van der Waals surface area contributed by atoms with E-state index in [2.05, 4.69) is 29.6 Å². The van der Waals surface area contributed by atoms with Crippen molar-refractivity contribution in [2.75, 3.05) is 13.2 Å². The van der Waals surface area contributed by atoms with Crippen LogP contribution >= 0.6 is 0 Å². The molecule has 4 nitrogen and oxygen atoms in total. The maximum Gasteiger partial charge on any atom is 0.338 e. The number of benzene rings is 3. The summed E-state index contributed by atoms with van der Waals surface area (Å²) in [5.74, 6) is -0.594. The van der Waals surface area contributed by atoms with Gasteiger partial charge in [-0.15, -0.1) is 0 Å². The summed E-state index contributed by atoms with van der Waals surface area (Å²) in [7, 11) is 0. The minimum atomic E-state index is -0.482. The van der Waals surface area contributed by atoms with Crippen LogP contribution in [0.1, 0.15) is 39.4 Å². The quantitative estimate of drug-likeness (QED) is 0.580. The van der Waals surface area contributed by atoms with Gasteiger partial charge < -0.3 is 10.1 Å². The lowest BCUT2D eigenvalue weighted by atomic mass is 9.88. The fraction of sp³-hybridized carbons (Fsp3) is 0.200. The molecule has 0 aliphatic carbocycles. The lowest BCUT2D eigenvalue weighted by Crippen LogP contribution is -2.30. The number of amides is 1. The molecule has 0 aliphatic rings. The van der Waals surface area contributed by atoms with Crippen molar-refractivity contribution in [3.63, 3.8) is 0 Å². The predicted molar refractivity (Wildman–Crippen MR) is 114 cm³/mol. The second-order valence-electron chi connectivity index (χ2n) is 6.90. The number of carbonyl (C=O) groups is 2. The Hall–Kier alpha value is -3.40. The van der Waals surface area contributed by atoms with Gasteiger partial charge in [0.15, 0.2) is 6.61 Å². The van der Waals surface area contributed by atoms with E-state index < -0.39 is 5.97 Å². The average molecular weight is 387 g/mol. The molecule has 0 atom stereocenters. The smallest absolute Gasteiger partial charge is 0.338 e. The van der Waals surface area contributed by atoms with E-state index >= 15 is 0 Å². The molecule has 1 N–H and O–H groups in total. The van der Waals surface area contributed by atoms with E-state index in [4.69, 9.17) is 4.74 Å². The number of rotatable bonds is 8. The Labute approximate surface area is 171 Å². The van der Waals surface area contributed by atoms with Gasteiger partial charge in [-0.3, -0.25) is 4.79 Å². The third-order valence-corrected chi connectivity index (χ3v) is 4.86. The van der Waals surface area contributed by atoms with Crippen LogP contribution in [-0.2, 0) is 9.53 Å². The van der Waals surface area contributed by atoms with Crippen LogP contribution in [0.3, 0.4) is 0 Å². The van der Waals surface area contributed by atoms with Crippen LogP contribution in [0, 0.1) is 6.92 Å². The van der Waals surface area contributed by atoms with Crippen LogP contribution in [0.5, 0.6) is 0 Å². The van der Waals surface area contributed by atoms with Gasteiger partial charge in [-0.25, -0.2) is 4.79 Å². The highest BCUT2D eigenvalue weighted by Crippen LogP contribution is 2.27. The van der Waals surface area contributed by atoms with Crippen molar-refractivity contribution in [3.05, 3.63) is 107 Å². The molecule has 3 aromatic carbocycles. The first kappa shape index (κ1) is 20.3. The van der Waals surface area contributed by atoms with Gasteiger partial charge >= 0.3 is 5.97 Å². The van der Waals surface area contributed by atoms with Gasteiger partial charge in [0.05, 0.1) is 5.56 Å². The van der Waals surface area contributed by atoms with E-state index in [0.717, 1.165) is 12.0 Å². The third-order valence-electron chi connectivity index (χ3n) is 4.86. The van der Waals surface area contributed by atoms with Crippen LogP contribution in [0.2, 0.25) is 0 Å². The summed E-state index contributed by atoms with van der Waals surface area (Å²) >= 11 is 0. The van der Waals surface area contributed by atoms with E-state index in [9.17, 15) is 9.59 Å². The normalized spacial score (nSPS) is 10.6. The molecule has 0 bridgehead atoms. The van der Waals surface area contributed by atoms with Gasteiger partial charge in [0.1, 0.15) is 0 Å². The number of esters is 1. The highest BCUT2D eigenvalue weighted by molar-refractivity contribution is 5.92. The lowest BCUT2D eigenvalue weighted by molar-refractivity contribution is -0.124. The Kier molecular flexibility index (Phi) is 7.17. The molecule has 0 spiro atoms. The number of carbonyl (C=O) groups excluding carboxylic acids is 2. The van der Waals surface area contributed by atoms with Crippen molar-refractivity contribution in [2.45, 2.75) is 19.3 Å². The molecule has 0 unspecified atom stereocenters. The van der Waals surface area contributed by atoms with Crippen molar-refractivity contribution in [3.8, 4) is 0 Å². The summed E-state index contributed by atoms with van der Waals surface area (Å²) in [6.45, 7) is 2.05. The maximum atomic E-state index is 12.1. The van der Waals surface area contributed by atoms with Gasteiger partial charge in [-0.1, -0.05) is 78.9 Å². The predicted octanol–water partition coefficient (Wildman–Crippen LogP) is 4.49. The Morgan fingerprint density at radius 2 is 1.38 bits per heavy atom. The number of nitrogens with one attached hydrogen (secondary N) is 1. The first-order chi connectivity index (χ1) is 14.1. The standard InChI is InChI=1S/C25H25NO3/c1-19-10-8-9-15-22(19)25(28)29-18-24(27)26-17-16-23(20-11-4-2-5-12-20)21-13-6-3-7-14-21/h2-15,23H,16-18H2,1H3,(H,26,27). The fourth-order valence-electron chi connectivity index (χ4n) is 3.31. The molecular weight excluding hydrogens is 362 g/mol. The van der Waals surface area contributed by atoms with Crippen LogP contribution in [-0.4, -0.2) is 25.0 Å². The first-order valence-electron chi connectivity index (χ1n) is 9.74. The summed E-state index contributed by atoms with van der Waals surface area (Å²) in [6.07, 6.45) is 0.755. The summed E-state index contributed by atoms with van der Waals surface area (Å²) in [6, 6.07) is 27.6. The Morgan fingerprint density at radius 3 is 1.97 bits per heavy atom. The van der Waals surface area contributed by atoms with Crippen molar-refractivity contribution >= 4 is 11.9 Å². The fourth-order valence-corrected chi connectivity index (χ4v) is 3.31. The minimum absolute atomic E-state index is 0.187. The molecule has 4 heteroatoms. The minimum Gasteiger partial charge on any atom is -0.452 e. The molecule has 0 fully saturated rings. The van der Waals surface area contributed by atoms with Crippen molar-refractivity contribution < 1.29 is 14.3 Å². The topological polar surface area (TPSA) is 55.4 Å². The molecule has 29 heavy (non-hydrogen) atoms. The van der Waals surface area contributed by atoms with Gasteiger partial charge in [0.25, 0.3) is 5.91 Å². The molecule has 1 amide bonds. The molecule has 0 saturated heterocycles. The SMILES string of the molecule is Cc1ccccc1C(=O)OCC(=O)NCCC(c1ccccc1)c1ccccc1. The summed E-state index contributed by atoms with van der Waals surface area (Å²) in [5, 5.41) is 2.86. The van der Waals surface area contributed by atoms with Gasteiger partial charge in [-0.2, -0.15) is 0 Å². The van der Waals surface area contributed by atoms with Crippen LogP contribution in [0.25, 0.3) is 0 Å². The molecule has 0 aromatic heterocycles. The molecule has 0 saturated carbocycles. The lowest BCUT2D eigenvalue weighted by Gasteiger charge is -2.18. The first-order valence-corrected chi connectivity index (χ1v) is 9.74. The van der Waals surface area contributed by atoms with Gasteiger partial charge in [-0.05, 0) is 36.1 Å². The zero-order valence-electron chi connectivity index (χ0n) is 16.5. The van der Waals surface area contributed by atoms with Crippen molar-refractivity contribution in [1.82, 2.24) is 5.32 Å². The van der Waals surface area contributed by atoms with E-state index in [-0.39, 0.29) is 18.4 Å². The Bertz CT molecular complexity index is 899. The summed E-state index contributed by atoms with van der Waals surface area (Å²) in [4.78, 5) is 24.2. The molecule has 0 heterocycles. The number of aryl methyl sites for hydroxylation is 1. The summed E-state index contributed by atoms with van der Waals surface area (Å²) < 4.78 is 5.15. The zero-order chi connectivity index (χ0) is 20.5. The molecule has 0 radical (unpaired) electrons. The molecule has 148 valence electrons. The van der Waals surface area contributed by atoms with Crippen molar-refractivity contribution in [2.24, 2.45) is 0 Å². The maximum absolute atomic E-state index is 12.1. The van der Waals surface area contributed by atoms with E-state index in [0.29, 0.717) is 12.1 Å².